The molecule has 2 aromatic carbocycles. The third kappa shape index (κ3) is 7.24. The van der Waals surface area contributed by atoms with Crippen molar-refractivity contribution >= 4 is 50.7 Å². The zero-order valence-electron chi connectivity index (χ0n) is 21.7. The van der Waals surface area contributed by atoms with Crippen molar-refractivity contribution < 1.29 is 27.5 Å². The molecule has 208 valence electrons. The first kappa shape index (κ1) is 29.9. The van der Waals surface area contributed by atoms with Crippen molar-refractivity contribution in [1.29, 1.82) is 0 Å². The molecule has 1 atom stereocenters. The van der Waals surface area contributed by atoms with Crippen molar-refractivity contribution in [3.8, 4) is 11.5 Å². The van der Waals surface area contributed by atoms with Gasteiger partial charge in [0.15, 0.2) is 11.5 Å². The highest BCUT2D eigenvalue weighted by Crippen LogP contribution is 2.35. The van der Waals surface area contributed by atoms with Crippen LogP contribution >= 0.6 is 23.2 Å². The molecule has 0 fully saturated rings. The summed E-state index contributed by atoms with van der Waals surface area (Å²) in [6.45, 7) is 5.95. The summed E-state index contributed by atoms with van der Waals surface area (Å²) in [5, 5.41) is 3.52. The van der Waals surface area contributed by atoms with E-state index in [1.807, 2.05) is 6.92 Å². The maximum absolute atomic E-state index is 13.8. The number of carbonyl (C=O) groups excluding carboxylic acids is 2. The van der Waals surface area contributed by atoms with E-state index < -0.39 is 28.5 Å². The lowest BCUT2D eigenvalue weighted by atomic mass is 10.1. The van der Waals surface area contributed by atoms with Crippen molar-refractivity contribution in [2.45, 2.75) is 46.2 Å². The van der Waals surface area contributed by atoms with E-state index in [1.54, 1.807) is 43.3 Å². The van der Waals surface area contributed by atoms with E-state index >= 15 is 0 Å². The molecule has 0 spiro atoms. The normalized spacial score (nSPS) is 13.5. The minimum absolute atomic E-state index is 0.0366. The molecule has 2 amide bonds. The minimum atomic E-state index is -3.87. The molecular weight excluding hydrogens is 553 g/mol. The molecule has 9 nitrogen and oxygen atoms in total. The highest BCUT2D eigenvalue weighted by atomic mass is 35.5. The van der Waals surface area contributed by atoms with Gasteiger partial charge in [0.1, 0.15) is 25.8 Å². The van der Waals surface area contributed by atoms with Crippen LogP contribution in [-0.2, 0) is 26.2 Å². The van der Waals surface area contributed by atoms with Gasteiger partial charge < -0.3 is 19.7 Å². The van der Waals surface area contributed by atoms with Gasteiger partial charge in [-0.1, -0.05) is 43.1 Å². The zero-order chi connectivity index (χ0) is 27.9. The van der Waals surface area contributed by atoms with Crippen LogP contribution < -0.4 is 19.1 Å². The summed E-state index contributed by atoms with van der Waals surface area (Å²) in [5.41, 5.74) is 0.918. The minimum Gasteiger partial charge on any atom is -0.486 e. The quantitative estimate of drug-likeness (QED) is 0.399. The predicted molar refractivity (Wildman–Crippen MR) is 149 cm³/mol. The SMILES string of the molecule is CCCNC(=O)C(CC)N(Cc1ccc(Cl)c(Cl)c1)C(=O)CN(c1ccc2c(c1)OCCO2)S(=O)(=O)CC. The highest BCUT2D eigenvalue weighted by Gasteiger charge is 2.33. The molecule has 0 radical (unpaired) electrons. The lowest BCUT2D eigenvalue weighted by Gasteiger charge is -2.33. The van der Waals surface area contributed by atoms with Gasteiger partial charge in [0, 0.05) is 19.2 Å². The summed E-state index contributed by atoms with van der Waals surface area (Å²) < 4.78 is 38.5. The summed E-state index contributed by atoms with van der Waals surface area (Å²) in [4.78, 5) is 28.3. The second kappa shape index (κ2) is 13.4. The zero-order valence-corrected chi connectivity index (χ0v) is 24.0. The van der Waals surface area contributed by atoms with E-state index in [4.69, 9.17) is 32.7 Å². The molecule has 1 unspecified atom stereocenters. The topological polar surface area (TPSA) is 105 Å². The number of anilines is 1. The van der Waals surface area contributed by atoms with E-state index in [9.17, 15) is 18.0 Å². The third-order valence-electron chi connectivity index (χ3n) is 6.07. The Hall–Kier alpha value is -2.69. The van der Waals surface area contributed by atoms with E-state index in [2.05, 4.69) is 5.32 Å². The van der Waals surface area contributed by atoms with Gasteiger partial charge in [0.2, 0.25) is 21.8 Å². The van der Waals surface area contributed by atoms with Gasteiger partial charge in [0.25, 0.3) is 0 Å². The highest BCUT2D eigenvalue weighted by molar-refractivity contribution is 7.92. The molecule has 1 heterocycles. The Kier molecular flexibility index (Phi) is 10.5. The fraction of sp³-hybridized carbons (Fsp3) is 0.462. The summed E-state index contributed by atoms with van der Waals surface area (Å²) in [5.74, 6) is -0.181. The largest absolute Gasteiger partial charge is 0.486 e. The van der Waals surface area contributed by atoms with E-state index in [1.165, 1.54) is 11.8 Å². The Balaban J connectivity index is 1.98. The van der Waals surface area contributed by atoms with Gasteiger partial charge in [-0.05, 0) is 49.6 Å². The lowest BCUT2D eigenvalue weighted by molar-refractivity contribution is -0.140. The second-order valence-corrected chi connectivity index (χ2v) is 11.7. The Morgan fingerprint density at radius 1 is 1.00 bits per heavy atom. The maximum Gasteiger partial charge on any atom is 0.244 e. The van der Waals surface area contributed by atoms with Gasteiger partial charge in [-0.3, -0.25) is 13.9 Å². The molecule has 0 bridgehead atoms. The van der Waals surface area contributed by atoms with Crippen LogP contribution in [0.3, 0.4) is 0 Å². The van der Waals surface area contributed by atoms with Gasteiger partial charge in [-0.25, -0.2) is 8.42 Å². The van der Waals surface area contributed by atoms with Crippen molar-refractivity contribution in [2.24, 2.45) is 0 Å². The molecule has 2 aromatic rings. The molecule has 3 rings (SSSR count). The molecule has 0 aromatic heterocycles. The number of benzene rings is 2. The van der Waals surface area contributed by atoms with Crippen LogP contribution in [0.4, 0.5) is 5.69 Å². The van der Waals surface area contributed by atoms with E-state index in [-0.39, 0.29) is 23.9 Å². The van der Waals surface area contributed by atoms with Crippen LogP contribution in [0.25, 0.3) is 0 Å². The van der Waals surface area contributed by atoms with Crippen LogP contribution in [0.1, 0.15) is 39.2 Å². The number of rotatable bonds is 12. The standard InChI is InChI=1S/C26H33Cl2N3O6S/c1-4-11-29-26(33)22(5-2)30(16-18-7-9-20(27)21(28)14-18)25(32)17-31(38(34,35)6-3)19-8-10-23-24(15-19)37-13-12-36-23/h7-10,14-15,22H,4-6,11-13,16-17H2,1-3H3,(H,29,33). The Bertz CT molecular complexity index is 1260. The molecule has 38 heavy (non-hydrogen) atoms. The van der Waals surface area contributed by atoms with Crippen LogP contribution in [0.2, 0.25) is 10.0 Å². The van der Waals surface area contributed by atoms with Crippen molar-refractivity contribution in [1.82, 2.24) is 10.2 Å². The summed E-state index contributed by atoms with van der Waals surface area (Å²) in [6.07, 6.45) is 1.06. The van der Waals surface area contributed by atoms with Crippen molar-refractivity contribution in [2.75, 3.05) is 36.4 Å². The number of carbonyl (C=O) groups is 2. The number of ether oxygens (including phenoxy) is 2. The summed E-state index contributed by atoms with van der Waals surface area (Å²) in [6, 6.07) is 8.87. The summed E-state index contributed by atoms with van der Waals surface area (Å²) >= 11 is 12.3. The number of halogens is 2. The summed E-state index contributed by atoms with van der Waals surface area (Å²) in [7, 11) is -3.87. The fourth-order valence-corrected chi connectivity index (χ4v) is 5.40. The molecule has 12 heteroatoms. The molecule has 1 aliphatic rings. The molecule has 1 aliphatic heterocycles. The number of nitrogens with zero attached hydrogens (tertiary/aromatic N) is 2. The number of fused-ring (bicyclic) bond motifs is 1. The monoisotopic (exact) mass is 585 g/mol. The van der Waals surface area contributed by atoms with Gasteiger partial charge in [-0.15, -0.1) is 0 Å². The van der Waals surface area contributed by atoms with Crippen LogP contribution in [0.15, 0.2) is 36.4 Å². The Morgan fingerprint density at radius 3 is 2.34 bits per heavy atom. The molecule has 0 aliphatic carbocycles. The van der Waals surface area contributed by atoms with Gasteiger partial charge in [-0.2, -0.15) is 0 Å². The molecular formula is C26H33Cl2N3O6S. The average molecular weight is 587 g/mol. The molecule has 1 N–H and O–H groups in total. The number of hydrogen-bond acceptors (Lipinski definition) is 6. The maximum atomic E-state index is 13.8. The first-order valence-corrected chi connectivity index (χ1v) is 14.9. The number of nitrogens with one attached hydrogen (secondary N) is 1. The van der Waals surface area contributed by atoms with E-state index in [0.29, 0.717) is 53.3 Å². The van der Waals surface area contributed by atoms with Crippen molar-refractivity contribution in [3.63, 3.8) is 0 Å². The number of amides is 2. The third-order valence-corrected chi connectivity index (χ3v) is 8.55. The van der Waals surface area contributed by atoms with Crippen molar-refractivity contribution in [3.05, 3.63) is 52.0 Å². The fourth-order valence-electron chi connectivity index (χ4n) is 4.03. The predicted octanol–water partition coefficient (Wildman–Crippen LogP) is 4.25. The van der Waals surface area contributed by atoms with Gasteiger partial charge in [0.05, 0.1) is 21.5 Å². The molecule has 0 saturated carbocycles. The Morgan fingerprint density at radius 2 is 1.71 bits per heavy atom. The average Bonchev–Trinajstić information content (AvgIpc) is 2.91. The van der Waals surface area contributed by atoms with Crippen LogP contribution in [0, 0.1) is 0 Å². The first-order valence-electron chi connectivity index (χ1n) is 12.5. The van der Waals surface area contributed by atoms with Crippen LogP contribution in [-0.4, -0.2) is 63.2 Å². The smallest absolute Gasteiger partial charge is 0.244 e. The lowest BCUT2D eigenvalue weighted by Crippen LogP contribution is -2.52. The Labute approximate surface area is 234 Å². The first-order chi connectivity index (χ1) is 18.1. The van der Waals surface area contributed by atoms with Crippen LogP contribution in [0.5, 0.6) is 11.5 Å². The van der Waals surface area contributed by atoms with E-state index in [0.717, 1.165) is 10.7 Å². The number of sulfonamides is 1. The molecule has 0 saturated heterocycles. The second-order valence-electron chi connectivity index (χ2n) is 8.72. The van der Waals surface area contributed by atoms with Gasteiger partial charge >= 0.3 is 0 Å². The number of hydrogen-bond donors (Lipinski definition) is 1.